The number of hydrogen-bond acceptors (Lipinski definition) is 5. The molecule has 0 atom stereocenters. The zero-order chi connectivity index (χ0) is 19.8. The Morgan fingerprint density at radius 1 is 1.14 bits per heavy atom. The summed E-state index contributed by atoms with van der Waals surface area (Å²) in [5, 5.41) is 3.52. The van der Waals surface area contributed by atoms with E-state index in [4.69, 9.17) is 21.1 Å². The van der Waals surface area contributed by atoms with E-state index >= 15 is 0 Å². The van der Waals surface area contributed by atoms with Crippen molar-refractivity contribution in [3.63, 3.8) is 0 Å². The summed E-state index contributed by atoms with van der Waals surface area (Å²) in [6, 6.07) is 7.13. The van der Waals surface area contributed by atoms with Gasteiger partial charge >= 0.3 is 5.97 Å². The molecular weight excluding hydrogens is 380 g/mol. The van der Waals surface area contributed by atoms with Gasteiger partial charge in [-0.05, 0) is 24.5 Å². The molecule has 1 aliphatic carbocycles. The summed E-state index contributed by atoms with van der Waals surface area (Å²) >= 11 is 6.06. The Bertz CT molecular complexity index is 670. The zero-order valence-electron chi connectivity index (χ0n) is 16.3. The molecule has 0 spiro atoms. The van der Waals surface area contributed by atoms with Crippen LogP contribution in [0.3, 0.4) is 0 Å². The first-order valence-corrected chi connectivity index (χ1v) is 10.5. The lowest BCUT2D eigenvalue weighted by atomic mass is 9.79. The molecule has 0 radical (unpaired) electrons. The first-order chi connectivity index (χ1) is 13.6. The number of carbonyl (C=O) groups is 2. The number of morpholine rings is 1. The molecule has 0 unspecified atom stereocenters. The highest BCUT2D eigenvalue weighted by atomic mass is 35.5. The van der Waals surface area contributed by atoms with Crippen LogP contribution in [0.15, 0.2) is 24.3 Å². The topological polar surface area (TPSA) is 67.9 Å². The summed E-state index contributed by atoms with van der Waals surface area (Å²) in [4.78, 5) is 26.8. The predicted molar refractivity (Wildman–Crippen MR) is 107 cm³/mol. The van der Waals surface area contributed by atoms with E-state index in [9.17, 15) is 9.59 Å². The molecule has 154 valence electrons. The van der Waals surface area contributed by atoms with Crippen molar-refractivity contribution in [1.82, 2.24) is 10.2 Å². The lowest BCUT2D eigenvalue weighted by molar-refractivity contribution is -0.148. The van der Waals surface area contributed by atoms with Crippen LogP contribution < -0.4 is 5.32 Å². The minimum Gasteiger partial charge on any atom is -0.455 e. The van der Waals surface area contributed by atoms with E-state index in [1.807, 2.05) is 6.07 Å². The predicted octanol–water partition coefficient (Wildman–Crippen LogP) is 2.58. The normalized spacial score (nSPS) is 19.8. The van der Waals surface area contributed by atoms with Crippen molar-refractivity contribution < 1.29 is 19.1 Å². The maximum Gasteiger partial charge on any atom is 0.310 e. The number of hydrogen-bond donors (Lipinski definition) is 1. The van der Waals surface area contributed by atoms with Crippen LogP contribution in [0.5, 0.6) is 0 Å². The highest BCUT2D eigenvalue weighted by molar-refractivity contribution is 6.31. The molecule has 7 heteroatoms. The SMILES string of the molecule is O=C(COC(=O)Cc1ccccc1Cl)NCC1(N2CCOCC2)CCCCC1. The van der Waals surface area contributed by atoms with Gasteiger partial charge in [-0.15, -0.1) is 0 Å². The third-order valence-electron chi connectivity index (χ3n) is 5.74. The maximum absolute atomic E-state index is 12.3. The van der Waals surface area contributed by atoms with E-state index in [0.29, 0.717) is 17.1 Å². The fourth-order valence-corrected chi connectivity index (χ4v) is 4.36. The van der Waals surface area contributed by atoms with E-state index in [2.05, 4.69) is 10.2 Å². The molecular formula is C21H29ClN2O4. The lowest BCUT2D eigenvalue weighted by Gasteiger charge is -2.48. The minimum atomic E-state index is -0.455. The van der Waals surface area contributed by atoms with Crippen molar-refractivity contribution in [3.8, 4) is 0 Å². The molecule has 2 fully saturated rings. The molecule has 0 aromatic heterocycles. The minimum absolute atomic E-state index is 0.000731. The number of nitrogens with zero attached hydrogens (tertiary/aromatic N) is 1. The molecule has 1 N–H and O–H groups in total. The van der Waals surface area contributed by atoms with E-state index in [1.165, 1.54) is 19.3 Å². The molecule has 1 heterocycles. The summed E-state index contributed by atoms with van der Waals surface area (Å²) < 4.78 is 10.6. The van der Waals surface area contributed by atoms with Crippen LogP contribution in [0.1, 0.15) is 37.7 Å². The molecule has 0 bridgehead atoms. The van der Waals surface area contributed by atoms with Gasteiger partial charge in [-0.2, -0.15) is 0 Å². The van der Waals surface area contributed by atoms with Gasteiger partial charge in [0.2, 0.25) is 0 Å². The Kier molecular flexibility index (Phi) is 7.71. The van der Waals surface area contributed by atoms with Gasteiger partial charge in [-0.1, -0.05) is 49.1 Å². The Morgan fingerprint density at radius 2 is 1.86 bits per heavy atom. The maximum atomic E-state index is 12.3. The first-order valence-electron chi connectivity index (χ1n) is 10.1. The van der Waals surface area contributed by atoms with Crippen LogP contribution in [0, 0.1) is 0 Å². The van der Waals surface area contributed by atoms with Crippen LogP contribution in [0.25, 0.3) is 0 Å². The third-order valence-corrected chi connectivity index (χ3v) is 6.11. The lowest BCUT2D eigenvalue weighted by Crippen LogP contribution is -2.59. The first kappa shape index (κ1) is 21.1. The quantitative estimate of drug-likeness (QED) is 0.702. The fourth-order valence-electron chi connectivity index (χ4n) is 4.16. The Morgan fingerprint density at radius 3 is 2.57 bits per heavy atom. The van der Waals surface area contributed by atoms with Crippen LogP contribution in [0.4, 0.5) is 0 Å². The Labute approximate surface area is 171 Å². The van der Waals surface area contributed by atoms with Crippen LogP contribution in [-0.4, -0.2) is 61.8 Å². The molecule has 3 rings (SSSR count). The van der Waals surface area contributed by atoms with Crippen LogP contribution in [0.2, 0.25) is 5.02 Å². The molecule has 1 aliphatic heterocycles. The Hall–Kier alpha value is -1.63. The highest BCUT2D eigenvalue weighted by Crippen LogP contribution is 2.33. The second-order valence-electron chi connectivity index (χ2n) is 7.59. The number of carbonyl (C=O) groups excluding carboxylic acids is 2. The Balaban J connectivity index is 1.46. The number of benzene rings is 1. The summed E-state index contributed by atoms with van der Waals surface area (Å²) in [5.74, 6) is -0.713. The van der Waals surface area contributed by atoms with Gasteiger partial charge in [0.05, 0.1) is 19.6 Å². The molecule has 2 aliphatic rings. The summed E-state index contributed by atoms with van der Waals surface area (Å²) in [6.07, 6.45) is 5.84. The standard InChI is InChI=1S/C21H29ClN2O4/c22-18-7-3-2-6-17(18)14-20(26)28-15-19(25)23-16-21(8-4-1-5-9-21)24-10-12-27-13-11-24/h2-3,6-7H,1,4-5,8-16H2,(H,23,25). The van der Waals surface area contributed by atoms with Gasteiger partial charge in [-0.3, -0.25) is 14.5 Å². The third kappa shape index (κ3) is 5.69. The number of ether oxygens (including phenoxy) is 2. The second-order valence-corrected chi connectivity index (χ2v) is 8.00. The van der Waals surface area contributed by atoms with E-state index in [0.717, 1.165) is 39.1 Å². The van der Waals surface area contributed by atoms with Crippen molar-refractivity contribution in [2.24, 2.45) is 0 Å². The summed E-state index contributed by atoms with van der Waals surface area (Å²) in [5.41, 5.74) is 0.697. The van der Waals surface area contributed by atoms with Crippen LogP contribution in [-0.2, 0) is 25.5 Å². The number of esters is 1. The smallest absolute Gasteiger partial charge is 0.310 e. The zero-order valence-corrected chi connectivity index (χ0v) is 17.0. The average molecular weight is 409 g/mol. The van der Waals surface area contributed by atoms with E-state index in [-0.39, 0.29) is 24.5 Å². The molecule has 1 amide bonds. The molecule has 1 saturated heterocycles. The van der Waals surface area contributed by atoms with Gasteiger partial charge in [0.1, 0.15) is 0 Å². The second kappa shape index (κ2) is 10.2. The number of amides is 1. The monoisotopic (exact) mass is 408 g/mol. The highest BCUT2D eigenvalue weighted by Gasteiger charge is 2.38. The van der Waals surface area contributed by atoms with Crippen molar-refractivity contribution >= 4 is 23.5 Å². The number of rotatable bonds is 7. The fraction of sp³-hybridized carbons (Fsp3) is 0.619. The van der Waals surface area contributed by atoms with Crippen molar-refractivity contribution in [2.45, 2.75) is 44.1 Å². The van der Waals surface area contributed by atoms with Gasteiger partial charge in [0.25, 0.3) is 5.91 Å². The molecule has 28 heavy (non-hydrogen) atoms. The van der Waals surface area contributed by atoms with Crippen molar-refractivity contribution in [2.75, 3.05) is 39.5 Å². The molecule has 1 saturated carbocycles. The van der Waals surface area contributed by atoms with Crippen molar-refractivity contribution in [3.05, 3.63) is 34.9 Å². The molecule has 1 aromatic rings. The van der Waals surface area contributed by atoms with Gasteiger partial charge < -0.3 is 14.8 Å². The van der Waals surface area contributed by atoms with Gasteiger partial charge in [0, 0.05) is 30.2 Å². The van der Waals surface area contributed by atoms with E-state index in [1.54, 1.807) is 18.2 Å². The van der Waals surface area contributed by atoms with Gasteiger partial charge in [0.15, 0.2) is 6.61 Å². The van der Waals surface area contributed by atoms with E-state index < -0.39 is 5.97 Å². The average Bonchev–Trinajstić information content (AvgIpc) is 2.74. The summed E-state index contributed by atoms with van der Waals surface area (Å²) in [7, 11) is 0. The number of halogens is 1. The van der Waals surface area contributed by atoms with Crippen molar-refractivity contribution in [1.29, 1.82) is 0 Å². The summed E-state index contributed by atoms with van der Waals surface area (Å²) in [6.45, 7) is 3.63. The molecule has 1 aromatic carbocycles. The molecule has 6 nitrogen and oxygen atoms in total. The van der Waals surface area contributed by atoms with Crippen LogP contribution >= 0.6 is 11.6 Å². The number of nitrogens with one attached hydrogen (secondary N) is 1. The van der Waals surface area contributed by atoms with Gasteiger partial charge in [-0.25, -0.2) is 0 Å². The largest absolute Gasteiger partial charge is 0.455 e.